The molecule has 0 bridgehead atoms. The molecule has 4 rings (SSSR count). The van der Waals surface area contributed by atoms with E-state index in [0.29, 0.717) is 0 Å². The molecule has 0 N–H and O–H groups in total. The Hall–Kier alpha value is -2.15. The maximum absolute atomic E-state index is 4.74. The zero-order valence-electron chi connectivity index (χ0n) is 21.1. The summed E-state index contributed by atoms with van der Waals surface area (Å²) < 4.78 is 5.84. The predicted octanol–water partition coefficient (Wildman–Crippen LogP) is 7.16. The zero-order valence-corrected chi connectivity index (χ0v) is 23.9. The fourth-order valence-electron chi connectivity index (χ4n) is 5.47. The molecule has 1 aromatic carbocycles. The molecular weight excluding hydrogens is 525 g/mol. The van der Waals surface area contributed by atoms with E-state index in [2.05, 4.69) is 84.1 Å². The van der Waals surface area contributed by atoms with Crippen LogP contribution in [0.5, 0.6) is 0 Å². The molecule has 0 fully saturated rings. The second kappa shape index (κ2) is 12.0. The molecule has 2 aromatic rings. The fourth-order valence-corrected chi connectivity index (χ4v) is 22.8. The topological polar surface area (TPSA) is 45.2 Å². The second-order valence-electron chi connectivity index (χ2n) is 9.48. The summed E-state index contributed by atoms with van der Waals surface area (Å²) in [6.45, 7) is 7.97. The molecule has 0 unspecified atom stereocenters. The van der Waals surface area contributed by atoms with Gasteiger partial charge in [0.05, 0.1) is 0 Å². The molecule has 6 heteroatoms. The van der Waals surface area contributed by atoms with Gasteiger partial charge in [-0.05, 0) is 0 Å². The average molecular weight is 564 g/mol. The van der Waals surface area contributed by atoms with E-state index in [-0.39, 0.29) is 0 Å². The molecule has 180 valence electrons. The van der Waals surface area contributed by atoms with Crippen LogP contribution < -0.4 is 4.90 Å². The van der Waals surface area contributed by atoms with Crippen LogP contribution >= 0.6 is 0 Å². The number of fused-ring (bicyclic) bond motifs is 1. The van der Waals surface area contributed by atoms with Crippen molar-refractivity contribution < 1.29 is 0 Å². The molecule has 0 saturated heterocycles. The monoisotopic (exact) mass is 565 g/mol. The van der Waals surface area contributed by atoms with Gasteiger partial charge in [0.2, 0.25) is 0 Å². The number of aromatic nitrogens is 3. The number of allylic oxidation sites excluding steroid dienone is 2. The predicted molar refractivity (Wildman–Crippen MR) is 144 cm³/mol. The van der Waals surface area contributed by atoms with Crippen molar-refractivity contribution in [2.75, 3.05) is 11.4 Å². The van der Waals surface area contributed by atoms with Gasteiger partial charge in [-0.25, -0.2) is 0 Å². The minimum atomic E-state index is -2.87. The van der Waals surface area contributed by atoms with Crippen LogP contribution in [0.15, 0.2) is 70.7 Å². The average Bonchev–Trinajstić information content (AvgIpc) is 3.25. The van der Waals surface area contributed by atoms with Gasteiger partial charge in [0.1, 0.15) is 0 Å². The Balaban J connectivity index is 1.99. The Morgan fingerprint density at radius 3 is 2.06 bits per heavy atom. The summed E-state index contributed by atoms with van der Waals surface area (Å²) in [6.07, 6.45) is 17.9. The number of hydrogen-bond donors (Lipinski definition) is 0. The molecule has 0 amide bonds. The number of benzene rings is 1. The summed E-state index contributed by atoms with van der Waals surface area (Å²) in [7, 11) is 0. The quantitative estimate of drug-likeness (QED) is 0.256. The molecule has 0 spiro atoms. The summed E-state index contributed by atoms with van der Waals surface area (Å²) in [5.74, 6) is 2.07. The summed E-state index contributed by atoms with van der Waals surface area (Å²) in [4.78, 5) is 18.7. The first-order valence-corrected chi connectivity index (χ1v) is 20.6. The number of unbranched alkanes of at least 4 members (excludes halogenated alkanes) is 3. The van der Waals surface area contributed by atoms with Crippen LogP contribution in [-0.2, 0) is 0 Å². The number of anilines is 1. The molecule has 2 aliphatic rings. The Morgan fingerprint density at radius 1 is 0.853 bits per heavy atom. The van der Waals surface area contributed by atoms with Crippen molar-refractivity contribution in [3.63, 3.8) is 0 Å². The van der Waals surface area contributed by atoms with E-state index in [9.17, 15) is 0 Å². The van der Waals surface area contributed by atoms with E-state index < -0.39 is 18.4 Å². The summed E-state index contributed by atoms with van der Waals surface area (Å²) in [6, 6.07) is 10.8. The van der Waals surface area contributed by atoms with Gasteiger partial charge < -0.3 is 0 Å². The summed E-state index contributed by atoms with van der Waals surface area (Å²) in [5.41, 5.74) is 2.41. The van der Waals surface area contributed by atoms with Crippen LogP contribution in [0.3, 0.4) is 0 Å². The molecule has 0 aliphatic carbocycles. The zero-order chi connectivity index (χ0) is 23.8. The standard InChI is InChI=1S/C16H12N5.3C4H9.Sn/c1-2-6-13(7-3-1)21-14(16-18-11-17-12-19-16)10-20-9-5-4-8-15(20)21;3*1-3-4-2;/h1-8,11-12H,9H2;3*1,3-4H2,2H3;. The van der Waals surface area contributed by atoms with Crippen molar-refractivity contribution >= 4 is 29.8 Å². The molecular formula is C28H39N5Sn. The molecule has 0 atom stereocenters. The third kappa shape index (κ3) is 5.09. The van der Waals surface area contributed by atoms with Crippen molar-refractivity contribution in [3.05, 3.63) is 76.6 Å². The minimum absolute atomic E-state index is 0.815. The summed E-state index contributed by atoms with van der Waals surface area (Å²) in [5, 5.41) is 0. The Morgan fingerprint density at radius 2 is 1.47 bits per heavy atom. The summed E-state index contributed by atoms with van der Waals surface area (Å²) >= 11 is -2.87. The number of para-hydroxylation sites is 1. The van der Waals surface area contributed by atoms with Crippen molar-refractivity contribution in [2.45, 2.75) is 72.6 Å². The Bertz CT molecular complexity index is 994. The fraction of sp³-hybridized carbons (Fsp3) is 0.464. The first-order valence-electron chi connectivity index (χ1n) is 13.1. The van der Waals surface area contributed by atoms with E-state index in [4.69, 9.17) is 9.97 Å². The second-order valence-corrected chi connectivity index (χ2v) is 22.4. The maximum atomic E-state index is 4.74. The number of rotatable bonds is 12. The van der Waals surface area contributed by atoms with Gasteiger partial charge in [-0.1, -0.05) is 0 Å². The van der Waals surface area contributed by atoms with Gasteiger partial charge in [0.25, 0.3) is 0 Å². The van der Waals surface area contributed by atoms with Crippen LogP contribution in [-0.4, -0.2) is 44.8 Å². The molecule has 5 nitrogen and oxygen atoms in total. The van der Waals surface area contributed by atoms with E-state index in [1.807, 2.05) is 0 Å². The molecule has 2 aliphatic heterocycles. The molecule has 3 heterocycles. The normalized spacial score (nSPS) is 15.7. The third-order valence-corrected chi connectivity index (χ3v) is 22.7. The van der Waals surface area contributed by atoms with E-state index >= 15 is 0 Å². The van der Waals surface area contributed by atoms with Crippen molar-refractivity contribution in [1.82, 2.24) is 19.9 Å². The van der Waals surface area contributed by atoms with Gasteiger partial charge >= 0.3 is 210 Å². The Kier molecular flexibility index (Phi) is 8.81. The van der Waals surface area contributed by atoms with Crippen LogP contribution in [0.25, 0.3) is 5.70 Å². The number of hydrogen-bond acceptors (Lipinski definition) is 5. The first kappa shape index (κ1) is 25.0. The van der Waals surface area contributed by atoms with Gasteiger partial charge in [-0.15, -0.1) is 0 Å². The molecule has 1 aromatic heterocycles. The van der Waals surface area contributed by atoms with Crippen LogP contribution in [0.4, 0.5) is 5.69 Å². The van der Waals surface area contributed by atoms with Gasteiger partial charge in [0.15, 0.2) is 0 Å². The SMILES string of the molecule is CCC[CH2][Sn]([CH2]CCC)([CH2]CCC)[C]1=C(c2ncncn2)N(c2ccccc2)C2=CC=CCN21. The molecule has 0 saturated carbocycles. The van der Waals surface area contributed by atoms with Crippen molar-refractivity contribution in [3.8, 4) is 0 Å². The van der Waals surface area contributed by atoms with Crippen molar-refractivity contribution in [1.29, 1.82) is 0 Å². The van der Waals surface area contributed by atoms with E-state index in [1.54, 1.807) is 16.4 Å². The van der Waals surface area contributed by atoms with Crippen LogP contribution in [0.1, 0.15) is 65.1 Å². The van der Waals surface area contributed by atoms with Crippen LogP contribution in [0, 0.1) is 0 Å². The Labute approximate surface area is 209 Å². The third-order valence-electron chi connectivity index (χ3n) is 7.14. The van der Waals surface area contributed by atoms with E-state index in [0.717, 1.165) is 12.4 Å². The molecule has 0 radical (unpaired) electrons. The molecule has 34 heavy (non-hydrogen) atoms. The first-order chi connectivity index (χ1) is 16.8. The van der Waals surface area contributed by atoms with Gasteiger partial charge in [0, 0.05) is 0 Å². The van der Waals surface area contributed by atoms with Crippen LogP contribution in [0.2, 0.25) is 13.3 Å². The van der Waals surface area contributed by atoms with E-state index in [1.165, 1.54) is 69.0 Å². The van der Waals surface area contributed by atoms with Gasteiger partial charge in [-0.3, -0.25) is 0 Å². The van der Waals surface area contributed by atoms with Gasteiger partial charge in [-0.2, -0.15) is 0 Å². The number of nitrogens with zero attached hydrogens (tertiary/aromatic N) is 5. The van der Waals surface area contributed by atoms with Crippen molar-refractivity contribution in [2.24, 2.45) is 0 Å².